The van der Waals surface area contributed by atoms with Crippen LogP contribution in [-0.4, -0.2) is 17.4 Å². The lowest BCUT2D eigenvalue weighted by Crippen LogP contribution is -2.12. The second kappa shape index (κ2) is 7.35. The summed E-state index contributed by atoms with van der Waals surface area (Å²) in [7, 11) is 0. The van der Waals surface area contributed by atoms with E-state index in [9.17, 15) is 0 Å². The molecule has 1 aromatic carbocycles. The van der Waals surface area contributed by atoms with Crippen molar-refractivity contribution in [2.24, 2.45) is 10.1 Å². The molecule has 0 fully saturated rings. The van der Waals surface area contributed by atoms with Gasteiger partial charge in [-0.2, -0.15) is 5.10 Å². The van der Waals surface area contributed by atoms with Crippen LogP contribution < -0.4 is 4.80 Å². The van der Waals surface area contributed by atoms with Gasteiger partial charge in [-0.15, -0.1) is 29.3 Å². The molecule has 3 aromatic rings. The highest BCUT2D eigenvalue weighted by Crippen LogP contribution is 2.20. The zero-order chi connectivity index (χ0) is 16.1. The number of hydrogen-bond donors (Lipinski definition) is 0. The molecule has 0 aliphatic heterocycles. The molecule has 3 rings (SSSR count). The van der Waals surface area contributed by atoms with Crippen molar-refractivity contribution in [3.63, 3.8) is 0 Å². The number of aromatic nitrogens is 1. The summed E-state index contributed by atoms with van der Waals surface area (Å²) in [4.78, 5) is 7.82. The molecule has 0 saturated heterocycles. The number of thiophene rings is 1. The van der Waals surface area contributed by atoms with Gasteiger partial charge in [-0.25, -0.2) is 4.68 Å². The average molecular weight is 339 g/mol. The Morgan fingerprint density at radius 3 is 2.70 bits per heavy atom. The van der Waals surface area contributed by atoms with Crippen molar-refractivity contribution in [2.45, 2.75) is 6.92 Å². The summed E-state index contributed by atoms with van der Waals surface area (Å²) in [6, 6.07) is 14.4. The van der Waals surface area contributed by atoms with E-state index in [4.69, 9.17) is 0 Å². The highest BCUT2D eigenvalue weighted by atomic mass is 32.1. The molecule has 116 valence electrons. The Hall–Kier alpha value is -2.24. The molecule has 23 heavy (non-hydrogen) atoms. The Morgan fingerprint density at radius 2 is 2.00 bits per heavy atom. The van der Waals surface area contributed by atoms with Crippen LogP contribution in [0.4, 0.5) is 0 Å². The minimum Gasteiger partial charge on any atom is -0.253 e. The van der Waals surface area contributed by atoms with Crippen molar-refractivity contribution >= 4 is 28.9 Å². The van der Waals surface area contributed by atoms with Gasteiger partial charge < -0.3 is 0 Å². The Morgan fingerprint density at radius 1 is 1.17 bits per heavy atom. The zero-order valence-corrected chi connectivity index (χ0v) is 14.5. The van der Waals surface area contributed by atoms with Crippen molar-refractivity contribution < 1.29 is 0 Å². The summed E-state index contributed by atoms with van der Waals surface area (Å²) in [5, 5.41) is 6.75. The van der Waals surface area contributed by atoms with Gasteiger partial charge >= 0.3 is 0 Å². The Kier molecular flexibility index (Phi) is 5.00. The first kappa shape index (κ1) is 15.6. The van der Waals surface area contributed by atoms with Crippen LogP contribution in [0.15, 0.2) is 70.6 Å². The molecule has 0 radical (unpaired) electrons. The van der Waals surface area contributed by atoms with Crippen molar-refractivity contribution in [1.29, 1.82) is 0 Å². The third kappa shape index (κ3) is 3.75. The van der Waals surface area contributed by atoms with Crippen LogP contribution in [-0.2, 0) is 0 Å². The largest absolute Gasteiger partial charge is 0.253 e. The maximum Gasteiger partial charge on any atom is 0.206 e. The van der Waals surface area contributed by atoms with E-state index in [0.717, 1.165) is 20.9 Å². The van der Waals surface area contributed by atoms with Gasteiger partial charge in [0.15, 0.2) is 0 Å². The van der Waals surface area contributed by atoms with Crippen molar-refractivity contribution in [1.82, 2.24) is 4.68 Å². The molecular formula is C18H17N3S2. The van der Waals surface area contributed by atoms with E-state index < -0.39 is 0 Å². The first-order valence-corrected chi connectivity index (χ1v) is 8.95. The molecular weight excluding hydrogens is 322 g/mol. The predicted molar refractivity (Wildman–Crippen MR) is 100 cm³/mol. The van der Waals surface area contributed by atoms with Crippen molar-refractivity contribution in [3.05, 3.63) is 75.1 Å². The van der Waals surface area contributed by atoms with Gasteiger partial charge in [0.05, 0.1) is 18.5 Å². The Balaban J connectivity index is 2.06. The van der Waals surface area contributed by atoms with Crippen LogP contribution >= 0.6 is 22.7 Å². The van der Waals surface area contributed by atoms with E-state index >= 15 is 0 Å². The van der Waals surface area contributed by atoms with E-state index in [0.29, 0.717) is 6.54 Å². The Labute approximate surface area is 143 Å². The summed E-state index contributed by atoms with van der Waals surface area (Å²) in [5.41, 5.74) is 2.17. The molecule has 0 N–H and O–H groups in total. The molecule has 0 spiro atoms. The molecule has 0 bridgehead atoms. The smallest absolute Gasteiger partial charge is 0.206 e. The second-order valence-electron chi connectivity index (χ2n) is 4.90. The van der Waals surface area contributed by atoms with Gasteiger partial charge in [-0.1, -0.05) is 36.4 Å². The van der Waals surface area contributed by atoms with Crippen LogP contribution in [0.3, 0.4) is 0 Å². The lowest BCUT2D eigenvalue weighted by molar-refractivity contribution is 0.841. The minimum absolute atomic E-state index is 0.586. The number of aryl methyl sites for hydroxylation is 1. The normalized spacial score (nSPS) is 12.1. The Bertz CT molecular complexity index is 882. The van der Waals surface area contributed by atoms with Crippen LogP contribution in [0.25, 0.3) is 11.3 Å². The van der Waals surface area contributed by atoms with E-state index in [-0.39, 0.29) is 0 Å². The molecule has 3 nitrogen and oxygen atoms in total. The molecule has 0 atom stereocenters. The topological polar surface area (TPSA) is 29.6 Å². The number of thiazole rings is 1. The maximum atomic E-state index is 4.66. The lowest BCUT2D eigenvalue weighted by Gasteiger charge is -2.02. The number of rotatable bonds is 5. The standard InChI is InChI=1S/C18H17N3S2/c1-3-11-19-18-21(20-12-16-10-9-14(2)23-16)17(13-22-18)15-7-5-4-6-8-15/h3-10,12-13H,1,11H2,2H3. The van der Waals surface area contributed by atoms with Gasteiger partial charge in [0.25, 0.3) is 0 Å². The van der Waals surface area contributed by atoms with E-state index in [1.165, 1.54) is 4.88 Å². The van der Waals surface area contributed by atoms with Gasteiger partial charge in [0.1, 0.15) is 0 Å². The third-order valence-electron chi connectivity index (χ3n) is 3.17. The van der Waals surface area contributed by atoms with Crippen molar-refractivity contribution in [2.75, 3.05) is 6.54 Å². The molecule has 2 aromatic heterocycles. The first-order valence-electron chi connectivity index (χ1n) is 7.26. The fourth-order valence-corrected chi connectivity index (χ4v) is 3.70. The minimum atomic E-state index is 0.586. The zero-order valence-electron chi connectivity index (χ0n) is 12.8. The monoisotopic (exact) mass is 339 g/mol. The third-order valence-corrected chi connectivity index (χ3v) is 4.96. The fraction of sp³-hybridized carbons (Fsp3) is 0.111. The molecule has 0 aliphatic carbocycles. The molecule has 2 heterocycles. The summed E-state index contributed by atoms with van der Waals surface area (Å²) in [5.74, 6) is 0. The van der Waals surface area contributed by atoms with Crippen LogP contribution in [0.2, 0.25) is 0 Å². The first-order chi connectivity index (χ1) is 11.3. The predicted octanol–water partition coefficient (Wildman–Crippen LogP) is 4.56. The van der Waals surface area contributed by atoms with Crippen molar-refractivity contribution in [3.8, 4) is 11.3 Å². The van der Waals surface area contributed by atoms with Gasteiger partial charge in [0, 0.05) is 20.7 Å². The summed E-state index contributed by atoms with van der Waals surface area (Å²) < 4.78 is 1.90. The molecule has 5 heteroatoms. The van der Waals surface area contributed by atoms with Crippen LogP contribution in [0.5, 0.6) is 0 Å². The summed E-state index contributed by atoms with van der Waals surface area (Å²) in [6.07, 6.45) is 3.68. The fourth-order valence-electron chi connectivity index (χ4n) is 2.11. The molecule has 0 unspecified atom stereocenters. The summed E-state index contributed by atoms with van der Waals surface area (Å²) in [6.45, 7) is 6.41. The average Bonchev–Trinajstić information content (AvgIpc) is 3.17. The molecule has 0 aliphatic rings. The SMILES string of the molecule is C=CCN=c1scc(-c2ccccc2)n1N=Cc1ccc(C)s1. The molecule has 0 amide bonds. The maximum absolute atomic E-state index is 4.66. The lowest BCUT2D eigenvalue weighted by atomic mass is 10.2. The quantitative estimate of drug-likeness (QED) is 0.482. The van der Waals surface area contributed by atoms with Crippen LogP contribution in [0.1, 0.15) is 9.75 Å². The van der Waals surface area contributed by atoms with Gasteiger partial charge in [-0.3, -0.25) is 4.99 Å². The van der Waals surface area contributed by atoms with E-state index in [1.807, 2.05) is 29.1 Å². The highest BCUT2D eigenvalue weighted by molar-refractivity contribution is 7.13. The van der Waals surface area contributed by atoms with Crippen LogP contribution in [0, 0.1) is 6.92 Å². The number of benzene rings is 1. The summed E-state index contributed by atoms with van der Waals surface area (Å²) >= 11 is 3.32. The van der Waals surface area contributed by atoms with E-state index in [1.54, 1.807) is 28.7 Å². The number of hydrogen-bond acceptors (Lipinski definition) is 4. The second-order valence-corrected chi connectivity index (χ2v) is 7.06. The molecule has 0 saturated carbocycles. The number of nitrogens with zero attached hydrogens (tertiary/aromatic N) is 3. The van der Waals surface area contributed by atoms with Gasteiger partial charge in [0.2, 0.25) is 4.80 Å². The van der Waals surface area contributed by atoms with E-state index in [2.05, 4.69) is 53.2 Å². The highest BCUT2D eigenvalue weighted by Gasteiger charge is 2.06. The van der Waals surface area contributed by atoms with Gasteiger partial charge in [-0.05, 0) is 19.1 Å².